The first kappa shape index (κ1) is 25.1. The summed E-state index contributed by atoms with van der Waals surface area (Å²) in [6.45, 7) is 1.84. The van der Waals surface area contributed by atoms with Crippen LogP contribution < -0.4 is 0 Å². The number of aryl methyl sites for hydroxylation is 2. The number of alkyl halides is 3. The highest BCUT2D eigenvalue weighted by Gasteiger charge is 2.35. The molecule has 0 aliphatic rings. The predicted octanol–water partition coefficient (Wildman–Crippen LogP) is 5.06. The van der Waals surface area contributed by atoms with E-state index in [1.165, 1.54) is 19.2 Å². The Balaban J connectivity index is 0.000000233. The van der Waals surface area contributed by atoms with Crippen LogP contribution >= 0.6 is 0 Å². The van der Waals surface area contributed by atoms with Gasteiger partial charge in [-0.1, -0.05) is 42.0 Å². The van der Waals surface area contributed by atoms with Crippen LogP contribution in [0.25, 0.3) is 28.2 Å². The molecule has 0 aliphatic carbocycles. The second-order valence-electron chi connectivity index (χ2n) is 7.85. The summed E-state index contributed by atoms with van der Waals surface area (Å²) in [6, 6.07) is 17.7. The van der Waals surface area contributed by atoms with Crippen molar-refractivity contribution in [2.75, 3.05) is 0 Å². The number of hydrogen-bond donors (Lipinski definition) is 1. The largest absolute Gasteiger partial charge is 0.433 e. The van der Waals surface area contributed by atoms with Crippen molar-refractivity contribution in [3.8, 4) is 22.5 Å². The number of benzene rings is 2. The lowest BCUT2D eigenvalue weighted by Gasteiger charge is -2.04. The van der Waals surface area contributed by atoms with Gasteiger partial charge in [0.15, 0.2) is 5.65 Å². The van der Waals surface area contributed by atoms with Gasteiger partial charge in [0.2, 0.25) is 0 Å². The maximum atomic E-state index is 12.9. The average Bonchev–Trinajstić information content (AvgIpc) is 3.43. The summed E-state index contributed by atoms with van der Waals surface area (Å²) >= 11 is 0. The Morgan fingerprint density at radius 2 is 1.53 bits per heavy atom. The molecule has 0 atom stereocenters. The Kier molecular flexibility index (Phi) is 6.65. The van der Waals surface area contributed by atoms with E-state index >= 15 is 0 Å². The molecule has 36 heavy (non-hydrogen) atoms. The van der Waals surface area contributed by atoms with Gasteiger partial charge in [-0.05, 0) is 37.3 Å². The Bertz CT molecular complexity index is 1570. The summed E-state index contributed by atoms with van der Waals surface area (Å²) in [7, 11) is -2.74. The van der Waals surface area contributed by atoms with Crippen molar-refractivity contribution in [3.63, 3.8) is 0 Å². The van der Waals surface area contributed by atoms with Gasteiger partial charge < -0.3 is 0 Å². The molecule has 0 spiro atoms. The topological polar surface area (TPSA) is 102 Å². The molecule has 2 aromatic carbocycles. The maximum absolute atomic E-state index is 12.9. The Labute approximate surface area is 204 Å². The van der Waals surface area contributed by atoms with E-state index in [0.717, 1.165) is 33.2 Å². The fourth-order valence-electron chi connectivity index (χ4n) is 3.37. The summed E-state index contributed by atoms with van der Waals surface area (Å²) < 4.78 is 70.7. The third-order valence-corrected chi connectivity index (χ3v) is 6.07. The smallest absolute Gasteiger partial charge is 0.282 e. The van der Waals surface area contributed by atoms with Crippen molar-refractivity contribution < 1.29 is 26.1 Å². The molecule has 0 bridgehead atoms. The number of halogens is 3. The third kappa shape index (κ3) is 5.61. The van der Waals surface area contributed by atoms with Gasteiger partial charge in [-0.15, -0.1) is 0 Å². The summed E-state index contributed by atoms with van der Waals surface area (Å²) in [4.78, 5) is 4.40. The minimum absolute atomic E-state index is 0.0666. The highest BCUT2D eigenvalue weighted by molar-refractivity contribution is 7.85. The van der Waals surface area contributed by atoms with Gasteiger partial charge in [0, 0.05) is 24.4 Å². The third-order valence-electron chi connectivity index (χ3n) is 5.20. The Morgan fingerprint density at radius 3 is 2.06 bits per heavy atom. The standard InChI is InChI=1S/C17H12F3N5.C7H8O3S/c1-24-15(17(18,19)20)9-13(23-24)11-4-6-12(7-5-11)14-10-25-16(22-14)3-2-8-21-25;1-6-2-4-7(5-3-6)11(8,9)10/h2-10H,1H3;2-5H,1H3,(H,8,9,10). The first-order valence-corrected chi connectivity index (χ1v) is 11.9. The zero-order valence-electron chi connectivity index (χ0n) is 19.0. The fourth-order valence-corrected chi connectivity index (χ4v) is 3.85. The van der Waals surface area contributed by atoms with Crippen molar-refractivity contribution >= 4 is 15.8 Å². The quantitative estimate of drug-likeness (QED) is 0.337. The summed E-state index contributed by atoms with van der Waals surface area (Å²) in [6.07, 6.45) is -0.961. The molecule has 0 fully saturated rings. The van der Waals surface area contributed by atoms with Crippen LogP contribution in [0.5, 0.6) is 0 Å². The number of nitrogens with zero attached hydrogens (tertiary/aromatic N) is 5. The molecular weight excluding hydrogens is 495 g/mol. The zero-order valence-corrected chi connectivity index (χ0v) is 19.9. The van der Waals surface area contributed by atoms with Crippen LogP contribution in [-0.2, 0) is 23.3 Å². The molecule has 0 aliphatic heterocycles. The van der Waals surface area contributed by atoms with E-state index < -0.39 is 22.0 Å². The highest BCUT2D eigenvalue weighted by Crippen LogP contribution is 2.32. The van der Waals surface area contributed by atoms with Gasteiger partial charge in [-0.3, -0.25) is 9.23 Å². The lowest BCUT2D eigenvalue weighted by atomic mass is 10.1. The number of hydrogen-bond acceptors (Lipinski definition) is 5. The molecule has 0 unspecified atom stereocenters. The number of aromatic nitrogens is 5. The summed E-state index contributed by atoms with van der Waals surface area (Å²) in [5.41, 5.74) is 3.37. The molecule has 0 radical (unpaired) electrons. The SMILES string of the molecule is Cc1ccc(S(=O)(=O)O)cc1.Cn1nc(-c2ccc(-c3cn4ncccc4n3)cc2)cc1C(F)(F)F. The van der Waals surface area contributed by atoms with Crippen LogP contribution in [0.3, 0.4) is 0 Å². The van der Waals surface area contributed by atoms with E-state index in [9.17, 15) is 21.6 Å². The predicted molar refractivity (Wildman–Crippen MR) is 127 cm³/mol. The van der Waals surface area contributed by atoms with Crippen LogP contribution in [0.4, 0.5) is 13.2 Å². The number of imidazole rings is 1. The summed E-state index contributed by atoms with van der Waals surface area (Å²) in [5, 5.41) is 8.11. The maximum Gasteiger partial charge on any atom is 0.433 e. The molecule has 1 N–H and O–H groups in total. The minimum Gasteiger partial charge on any atom is -0.282 e. The van der Waals surface area contributed by atoms with Crippen LogP contribution in [-0.4, -0.2) is 37.3 Å². The first-order chi connectivity index (χ1) is 16.9. The van der Waals surface area contributed by atoms with Crippen molar-refractivity contribution in [3.05, 3.63) is 90.4 Å². The first-order valence-electron chi connectivity index (χ1n) is 10.5. The second kappa shape index (κ2) is 9.55. The molecule has 3 aromatic heterocycles. The molecule has 186 valence electrons. The van der Waals surface area contributed by atoms with E-state index in [2.05, 4.69) is 15.2 Å². The van der Waals surface area contributed by atoms with Crippen LogP contribution in [0.2, 0.25) is 0 Å². The van der Waals surface area contributed by atoms with Crippen LogP contribution in [0.15, 0.2) is 84.0 Å². The molecular formula is C24H20F3N5O3S. The van der Waals surface area contributed by atoms with Crippen molar-refractivity contribution in [2.24, 2.45) is 7.05 Å². The van der Waals surface area contributed by atoms with E-state index in [1.54, 1.807) is 59.4 Å². The molecule has 0 saturated carbocycles. The van der Waals surface area contributed by atoms with Gasteiger partial charge in [-0.25, -0.2) is 9.50 Å². The molecule has 0 saturated heterocycles. The molecule has 5 rings (SSSR count). The van der Waals surface area contributed by atoms with E-state index in [0.29, 0.717) is 5.56 Å². The van der Waals surface area contributed by atoms with Crippen molar-refractivity contribution in [1.29, 1.82) is 0 Å². The Hall–Kier alpha value is -4.03. The van der Waals surface area contributed by atoms with Crippen molar-refractivity contribution in [1.82, 2.24) is 24.4 Å². The van der Waals surface area contributed by atoms with Gasteiger partial charge in [0.1, 0.15) is 5.69 Å². The minimum atomic E-state index is -4.43. The Morgan fingerprint density at radius 1 is 0.917 bits per heavy atom. The molecule has 0 amide bonds. The number of rotatable bonds is 3. The van der Waals surface area contributed by atoms with E-state index in [1.807, 2.05) is 13.0 Å². The van der Waals surface area contributed by atoms with Gasteiger partial charge in [0.25, 0.3) is 10.1 Å². The average molecular weight is 516 g/mol. The molecule has 12 heteroatoms. The van der Waals surface area contributed by atoms with Crippen molar-refractivity contribution in [2.45, 2.75) is 18.0 Å². The highest BCUT2D eigenvalue weighted by atomic mass is 32.2. The molecule has 8 nitrogen and oxygen atoms in total. The van der Waals surface area contributed by atoms with E-state index in [-0.39, 0.29) is 10.6 Å². The van der Waals surface area contributed by atoms with Gasteiger partial charge >= 0.3 is 6.18 Å². The normalized spacial score (nSPS) is 11.8. The lowest BCUT2D eigenvalue weighted by Crippen LogP contribution is -2.11. The zero-order chi connectivity index (χ0) is 26.1. The lowest BCUT2D eigenvalue weighted by molar-refractivity contribution is -0.143. The second-order valence-corrected chi connectivity index (χ2v) is 9.28. The fraction of sp³-hybridized carbons (Fsp3) is 0.125. The van der Waals surface area contributed by atoms with Gasteiger partial charge in [-0.2, -0.15) is 31.8 Å². The molecule has 5 aromatic rings. The van der Waals surface area contributed by atoms with Crippen LogP contribution in [0, 0.1) is 6.92 Å². The number of fused-ring (bicyclic) bond motifs is 1. The van der Waals surface area contributed by atoms with Gasteiger partial charge in [0.05, 0.1) is 22.5 Å². The van der Waals surface area contributed by atoms with E-state index in [4.69, 9.17) is 4.55 Å². The summed E-state index contributed by atoms with van der Waals surface area (Å²) in [5.74, 6) is 0. The van der Waals surface area contributed by atoms with Crippen LogP contribution in [0.1, 0.15) is 11.3 Å². The monoisotopic (exact) mass is 515 g/mol. The molecule has 3 heterocycles.